The molecule has 0 atom stereocenters. The summed E-state index contributed by atoms with van der Waals surface area (Å²) >= 11 is 12.1. The van der Waals surface area contributed by atoms with Gasteiger partial charge in [-0.25, -0.2) is 0 Å². The van der Waals surface area contributed by atoms with Gasteiger partial charge < -0.3 is 14.8 Å². The average Bonchev–Trinajstić information content (AvgIpc) is 2.92. The molecular weight excluding hydrogens is 519 g/mol. The summed E-state index contributed by atoms with van der Waals surface area (Å²) in [5.74, 6) is 0.604. The van der Waals surface area contributed by atoms with Crippen LogP contribution >= 0.6 is 23.2 Å². The van der Waals surface area contributed by atoms with E-state index >= 15 is 0 Å². The molecule has 0 saturated carbocycles. The molecule has 38 heavy (non-hydrogen) atoms. The smallest absolute Gasteiger partial charge is 0.266 e. The molecule has 0 spiro atoms. The molecule has 1 amide bonds. The molecule has 0 bridgehead atoms. The van der Waals surface area contributed by atoms with Gasteiger partial charge in [-0.15, -0.1) is 0 Å². The average molecular weight is 543 g/mol. The topological polar surface area (TPSA) is 71.3 Å². The Kier molecular flexibility index (Phi) is 9.05. The van der Waals surface area contributed by atoms with Gasteiger partial charge in [0.2, 0.25) is 0 Å². The Hall–Kier alpha value is -4.24. The lowest BCUT2D eigenvalue weighted by Gasteiger charge is -2.11. The van der Waals surface area contributed by atoms with Crippen molar-refractivity contribution in [3.63, 3.8) is 0 Å². The number of carbonyl (C=O) groups is 1. The van der Waals surface area contributed by atoms with Crippen molar-refractivity contribution in [1.29, 1.82) is 5.26 Å². The number of aryl methyl sites for hydroxylation is 1. The van der Waals surface area contributed by atoms with Crippen LogP contribution in [0.15, 0.2) is 96.6 Å². The first-order valence-electron chi connectivity index (χ1n) is 11.8. The molecule has 0 aliphatic rings. The van der Waals surface area contributed by atoms with E-state index in [9.17, 15) is 10.1 Å². The number of anilines is 1. The molecule has 0 unspecified atom stereocenters. The Morgan fingerprint density at radius 2 is 1.45 bits per heavy atom. The van der Waals surface area contributed by atoms with Crippen LogP contribution in [0.5, 0.6) is 11.5 Å². The third kappa shape index (κ3) is 7.63. The van der Waals surface area contributed by atoms with Gasteiger partial charge in [0.1, 0.15) is 36.4 Å². The first kappa shape index (κ1) is 26.8. The maximum atomic E-state index is 12.9. The molecule has 5 nitrogen and oxygen atoms in total. The maximum absolute atomic E-state index is 12.9. The van der Waals surface area contributed by atoms with E-state index in [-0.39, 0.29) is 5.57 Å². The van der Waals surface area contributed by atoms with Crippen LogP contribution in [0.4, 0.5) is 5.69 Å². The molecular formula is C31H24Cl2N2O3. The van der Waals surface area contributed by atoms with Gasteiger partial charge in [0.15, 0.2) is 0 Å². The molecule has 0 saturated heterocycles. The van der Waals surface area contributed by atoms with Gasteiger partial charge in [-0.2, -0.15) is 5.26 Å². The number of halogens is 2. The van der Waals surface area contributed by atoms with Crippen molar-refractivity contribution in [1.82, 2.24) is 0 Å². The van der Waals surface area contributed by atoms with Crippen LogP contribution in [0.25, 0.3) is 6.08 Å². The lowest BCUT2D eigenvalue weighted by Crippen LogP contribution is -2.13. The van der Waals surface area contributed by atoms with Crippen molar-refractivity contribution in [2.24, 2.45) is 0 Å². The molecule has 190 valence electrons. The zero-order valence-electron chi connectivity index (χ0n) is 20.6. The second-order valence-electron chi connectivity index (χ2n) is 8.52. The SMILES string of the molecule is Cc1ccc(COc2ccc(Cl)cc2/C=C(\C#N)C(=O)Nc2ccc(OCc3ccc(Cl)cc3)cc2)cc1. The zero-order chi connectivity index (χ0) is 26.9. The molecule has 0 heterocycles. The summed E-state index contributed by atoms with van der Waals surface area (Å²) < 4.78 is 11.7. The Bertz CT molecular complexity index is 1470. The Morgan fingerprint density at radius 3 is 2.11 bits per heavy atom. The molecule has 0 aliphatic heterocycles. The molecule has 4 aromatic rings. The summed E-state index contributed by atoms with van der Waals surface area (Å²) in [6.07, 6.45) is 1.47. The lowest BCUT2D eigenvalue weighted by molar-refractivity contribution is -0.112. The summed E-state index contributed by atoms with van der Waals surface area (Å²) in [4.78, 5) is 12.9. The minimum atomic E-state index is -0.549. The van der Waals surface area contributed by atoms with Crippen LogP contribution in [-0.2, 0) is 18.0 Å². The van der Waals surface area contributed by atoms with Crippen molar-refractivity contribution in [2.75, 3.05) is 5.32 Å². The largest absolute Gasteiger partial charge is 0.489 e. The molecule has 0 aliphatic carbocycles. The zero-order valence-corrected chi connectivity index (χ0v) is 22.1. The van der Waals surface area contributed by atoms with Gasteiger partial charge in [-0.1, -0.05) is 65.2 Å². The summed E-state index contributed by atoms with van der Waals surface area (Å²) in [5.41, 5.74) is 4.11. The molecule has 1 N–H and O–H groups in total. The van der Waals surface area contributed by atoms with Gasteiger partial charge in [-0.3, -0.25) is 4.79 Å². The molecule has 0 aromatic heterocycles. The van der Waals surface area contributed by atoms with E-state index in [1.165, 1.54) is 6.08 Å². The number of nitrogens with one attached hydrogen (secondary N) is 1. The lowest BCUT2D eigenvalue weighted by atomic mass is 10.1. The second-order valence-corrected chi connectivity index (χ2v) is 9.39. The number of carbonyl (C=O) groups excluding carboxylic acids is 1. The van der Waals surface area contributed by atoms with Gasteiger partial charge in [0.25, 0.3) is 5.91 Å². The van der Waals surface area contributed by atoms with E-state index in [0.717, 1.165) is 16.7 Å². The fourth-order valence-electron chi connectivity index (χ4n) is 3.49. The first-order chi connectivity index (χ1) is 18.4. The monoisotopic (exact) mass is 542 g/mol. The minimum Gasteiger partial charge on any atom is -0.489 e. The fourth-order valence-corrected chi connectivity index (χ4v) is 3.80. The third-order valence-electron chi connectivity index (χ3n) is 5.58. The number of hydrogen-bond acceptors (Lipinski definition) is 4. The van der Waals surface area contributed by atoms with Crippen LogP contribution in [-0.4, -0.2) is 5.91 Å². The van der Waals surface area contributed by atoms with Gasteiger partial charge >= 0.3 is 0 Å². The van der Waals surface area contributed by atoms with Crippen molar-refractivity contribution >= 4 is 40.9 Å². The number of amides is 1. The fraction of sp³-hybridized carbons (Fsp3) is 0.0968. The predicted molar refractivity (Wildman–Crippen MR) is 151 cm³/mol. The highest BCUT2D eigenvalue weighted by molar-refractivity contribution is 6.31. The minimum absolute atomic E-state index is 0.0875. The van der Waals surface area contributed by atoms with Gasteiger partial charge in [0, 0.05) is 21.3 Å². The van der Waals surface area contributed by atoms with Crippen LogP contribution in [0.3, 0.4) is 0 Å². The normalized spacial score (nSPS) is 10.9. The summed E-state index contributed by atoms with van der Waals surface area (Å²) in [6.45, 7) is 2.74. The maximum Gasteiger partial charge on any atom is 0.266 e. The van der Waals surface area contributed by atoms with E-state index in [0.29, 0.717) is 46.0 Å². The Labute approximate surface area is 231 Å². The van der Waals surface area contributed by atoms with E-state index in [4.69, 9.17) is 32.7 Å². The highest BCUT2D eigenvalue weighted by Crippen LogP contribution is 2.27. The second kappa shape index (κ2) is 12.8. The molecule has 0 fully saturated rings. The van der Waals surface area contributed by atoms with Crippen molar-refractivity contribution in [3.8, 4) is 17.6 Å². The molecule has 0 radical (unpaired) electrons. The summed E-state index contributed by atoms with van der Waals surface area (Å²) in [5, 5.41) is 13.6. The number of nitrogens with zero attached hydrogens (tertiary/aromatic N) is 1. The van der Waals surface area contributed by atoms with E-state index in [2.05, 4.69) is 5.32 Å². The van der Waals surface area contributed by atoms with Crippen LogP contribution in [0.1, 0.15) is 22.3 Å². The van der Waals surface area contributed by atoms with E-state index in [1.54, 1.807) is 42.5 Å². The number of nitriles is 1. The van der Waals surface area contributed by atoms with Crippen molar-refractivity contribution in [3.05, 3.63) is 129 Å². The highest BCUT2D eigenvalue weighted by atomic mass is 35.5. The standard InChI is InChI=1S/C31H24Cl2N2O3/c1-21-2-4-22(5-3-21)20-38-30-15-10-27(33)17-24(30)16-25(18-34)31(36)35-28-11-13-29(14-12-28)37-19-23-6-8-26(32)9-7-23/h2-17H,19-20H2,1H3,(H,35,36)/b25-16+. The summed E-state index contributed by atoms with van der Waals surface area (Å²) in [6, 6.07) is 29.4. The van der Waals surface area contributed by atoms with Crippen molar-refractivity contribution in [2.45, 2.75) is 20.1 Å². The number of benzene rings is 4. The van der Waals surface area contributed by atoms with Gasteiger partial charge in [0.05, 0.1) is 0 Å². The summed E-state index contributed by atoms with van der Waals surface area (Å²) in [7, 11) is 0. The number of hydrogen-bond donors (Lipinski definition) is 1. The highest BCUT2D eigenvalue weighted by Gasteiger charge is 2.12. The number of ether oxygens (including phenoxy) is 2. The van der Waals surface area contributed by atoms with Gasteiger partial charge in [-0.05, 0) is 78.7 Å². The molecule has 4 aromatic carbocycles. The third-order valence-corrected chi connectivity index (χ3v) is 6.07. The molecule has 7 heteroatoms. The quantitative estimate of drug-likeness (QED) is 0.172. The Morgan fingerprint density at radius 1 is 0.842 bits per heavy atom. The predicted octanol–water partition coefficient (Wildman–Crippen LogP) is 8.01. The number of rotatable bonds is 9. The van der Waals surface area contributed by atoms with Crippen molar-refractivity contribution < 1.29 is 14.3 Å². The van der Waals surface area contributed by atoms with Crippen LogP contribution in [0, 0.1) is 18.3 Å². The van der Waals surface area contributed by atoms with E-state index < -0.39 is 5.91 Å². The van der Waals surface area contributed by atoms with Crippen LogP contribution < -0.4 is 14.8 Å². The first-order valence-corrected chi connectivity index (χ1v) is 12.5. The Balaban J connectivity index is 1.41. The van der Waals surface area contributed by atoms with Crippen LogP contribution in [0.2, 0.25) is 10.0 Å². The molecule has 4 rings (SSSR count). The van der Waals surface area contributed by atoms with E-state index in [1.807, 2.05) is 61.5 Å².